The fourth-order valence-electron chi connectivity index (χ4n) is 11.4. The summed E-state index contributed by atoms with van der Waals surface area (Å²) in [5.74, 6) is -2.23. The zero-order valence-electron chi connectivity index (χ0n) is 49.8. The quantitative estimate of drug-likeness (QED) is 0.0155. The van der Waals surface area contributed by atoms with Crippen molar-refractivity contribution in [1.29, 1.82) is 0 Å². The molecule has 0 bridgehead atoms. The lowest BCUT2D eigenvalue weighted by Gasteiger charge is -2.27. The van der Waals surface area contributed by atoms with E-state index in [1.807, 2.05) is 61.5 Å². The molecule has 1 unspecified atom stereocenters. The van der Waals surface area contributed by atoms with Gasteiger partial charge < -0.3 is 31.1 Å². The standard InChI is InChI=1S/C61H67N9O17S4/c1-60(2)46-33-44(90(81,82)83)22-24-49(46)69(28-5-7-30-88(75,76)77)51(60)26-16-38-10-9-11-39(17-27-52-61(3,4)47-34-45(91(84,85)86)23-25-50(47)70(52)29-6-8-31-89(78,79)80)54(38)87-43-20-12-37(13-21-43)32-48(58(73)74)66-56(71)40-14-18-41(19-15-40)63-35-42-36-64-55-53(65-42)57(72)68-59(62)67-55/h12-27,33-34,36,48H,5-11,28-32,35H2,1-4H3,(H9-,62,63,64,66,67,68,71,72,73,74,75,76,77,78,79,80,81,82,83,84,85,86)/p+1. The topological polar surface area (TPSA) is 409 Å². The molecular formula is C61H68N9O17S4+. The molecule has 91 heavy (non-hydrogen) atoms. The molecule has 1 amide bonds. The maximum absolute atomic E-state index is 13.5. The molecule has 30 heteroatoms. The second kappa shape index (κ2) is 26.4. The molecule has 2 aliphatic heterocycles. The van der Waals surface area contributed by atoms with E-state index in [4.69, 9.17) is 10.5 Å². The highest BCUT2D eigenvalue weighted by Gasteiger charge is 2.45. The number of carbonyl (C=O) groups excluding carboxylic acids is 1. The fraction of sp³-hybridized carbons (Fsp3) is 0.328. The number of nitrogens with two attached hydrogens (primary N) is 1. The number of anilines is 3. The van der Waals surface area contributed by atoms with Crippen LogP contribution in [0, 0.1) is 0 Å². The number of ether oxygens (including phenoxy) is 1. The highest BCUT2D eigenvalue weighted by Crippen LogP contribution is 2.49. The van der Waals surface area contributed by atoms with E-state index in [-0.39, 0.29) is 71.4 Å². The van der Waals surface area contributed by atoms with E-state index >= 15 is 0 Å². The number of aliphatic carboxylic acids is 1. The summed E-state index contributed by atoms with van der Waals surface area (Å²) < 4.78 is 144. The number of nitrogen functional groups attached to an aromatic ring is 1. The van der Waals surface area contributed by atoms with Gasteiger partial charge in [0.15, 0.2) is 16.9 Å². The predicted molar refractivity (Wildman–Crippen MR) is 339 cm³/mol. The van der Waals surface area contributed by atoms with Gasteiger partial charge in [0.2, 0.25) is 11.6 Å². The Bertz CT molecular complexity index is 4580. The first-order valence-electron chi connectivity index (χ1n) is 28.7. The minimum atomic E-state index is -4.62. The minimum Gasteiger partial charge on any atom is -0.480 e. The van der Waals surface area contributed by atoms with Crippen LogP contribution in [0.3, 0.4) is 0 Å². The predicted octanol–water partition coefficient (Wildman–Crippen LogP) is 7.22. The molecule has 3 aliphatic rings. The average Bonchev–Trinajstić information content (AvgIpc) is 1.60. The molecule has 0 saturated heterocycles. The van der Waals surface area contributed by atoms with E-state index in [0.29, 0.717) is 106 Å². The van der Waals surface area contributed by atoms with E-state index in [9.17, 15) is 71.4 Å². The van der Waals surface area contributed by atoms with Crippen LogP contribution >= 0.6 is 0 Å². The number of carboxylic acids is 1. The van der Waals surface area contributed by atoms with Crippen molar-refractivity contribution in [2.45, 2.75) is 112 Å². The van der Waals surface area contributed by atoms with Crippen molar-refractivity contribution >= 4 is 92.2 Å². The van der Waals surface area contributed by atoms with E-state index in [0.717, 1.165) is 0 Å². The summed E-state index contributed by atoms with van der Waals surface area (Å²) in [7, 11) is -17.8. The summed E-state index contributed by atoms with van der Waals surface area (Å²) in [5, 5.41) is 16.1. The minimum absolute atomic E-state index is 0.0126. The lowest BCUT2D eigenvalue weighted by atomic mass is 9.81. The summed E-state index contributed by atoms with van der Waals surface area (Å²) in [4.78, 5) is 54.6. The van der Waals surface area contributed by atoms with E-state index in [2.05, 4.69) is 30.6 Å². The SMILES string of the molecule is CC1(C)C(=CC=C2CCCC(C=CC3=[N+](CCCCS(=O)(=O)O)c4ccc(S(=O)(=O)O)cc4C3(C)C)=C2Oc2ccc(CC(NC(=O)c3ccc(NCc4cnc5nc(N)[nH]c(=O)c5n4)cc3)C(=O)O)cc2)N(CCCCS(=O)(=O)O)c2ccc(S(=O)(=O)O)cc21. The van der Waals surface area contributed by atoms with Gasteiger partial charge in [-0.25, -0.2) is 14.8 Å². The molecule has 1 aliphatic carbocycles. The van der Waals surface area contributed by atoms with Gasteiger partial charge in [0.25, 0.3) is 51.9 Å². The molecule has 0 saturated carbocycles. The Labute approximate surface area is 525 Å². The molecule has 0 fully saturated rings. The Hall–Kier alpha value is -8.49. The van der Waals surface area contributed by atoms with Gasteiger partial charge >= 0.3 is 5.97 Å². The van der Waals surface area contributed by atoms with Crippen molar-refractivity contribution in [3.05, 3.63) is 176 Å². The third-order valence-electron chi connectivity index (χ3n) is 16.0. The van der Waals surface area contributed by atoms with Gasteiger partial charge in [0.1, 0.15) is 24.1 Å². The number of aromatic nitrogens is 4. The second-order valence-electron chi connectivity index (χ2n) is 23.2. The van der Waals surface area contributed by atoms with Crippen LogP contribution in [0.25, 0.3) is 11.2 Å². The summed E-state index contributed by atoms with van der Waals surface area (Å²) in [6.45, 7) is 8.18. The summed E-state index contributed by atoms with van der Waals surface area (Å²) >= 11 is 0. The van der Waals surface area contributed by atoms with Gasteiger partial charge in [0.05, 0.1) is 45.1 Å². The van der Waals surface area contributed by atoms with Crippen LogP contribution in [0.1, 0.15) is 105 Å². The Morgan fingerprint density at radius 2 is 1.43 bits per heavy atom. The van der Waals surface area contributed by atoms with Crippen LogP contribution < -0.4 is 31.6 Å². The molecule has 0 radical (unpaired) electrons. The van der Waals surface area contributed by atoms with Crippen molar-refractivity contribution in [3.8, 4) is 5.75 Å². The maximum Gasteiger partial charge on any atom is 0.326 e. The van der Waals surface area contributed by atoms with Gasteiger partial charge in [-0.3, -0.25) is 32.8 Å². The molecule has 4 heterocycles. The van der Waals surface area contributed by atoms with Crippen LogP contribution in [0.2, 0.25) is 0 Å². The number of hydrogen-bond acceptors (Lipinski definition) is 18. The van der Waals surface area contributed by atoms with Crippen molar-refractivity contribution in [2.24, 2.45) is 0 Å². The number of unbranched alkanes of at least 4 members (excludes halogenated alkanes) is 2. The number of nitrogens with one attached hydrogen (secondary N) is 3. The average molecular weight is 1330 g/mol. The third-order valence-corrected chi connectivity index (χ3v) is 19.4. The largest absolute Gasteiger partial charge is 0.480 e. The van der Waals surface area contributed by atoms with Crippen molar-refractivity contribution in [2.75, 3.05) is 40.5 Å². The first-order valence-corrected chi connectivity index (χ1v) is 34.8. The number of nitrogens with zero attached hydrogens (tertiary/aromatic N) is 5. The zero-order valence-corrected chi connectivity index (χ0v) is 53.1. The van der Waals surface area contributed by atoms with Crippen molar-refractivity contribution < 1.29 is 75.9 Å². The molecule has 10 N–H and O–H groups in total. The van der Waals surface area contributed by atoms with Crippen LogP contribution in [0.15, 0.2) is 153 Å². The highest BCUT2D eigenvalue weighted by molar-refractivity contribution is 7.86. The monoisotopic (exact) mass is 1330 g/mol. The Morgan fingerprint density at radius 3 is 2.08 bits per heavy atom. The molecule has 6 aromatic rings. The van der Waals surface area contributed by atoms with Gasteiger partial charge in [0, 0.05) is 65.1 Å². The number of fused-ring (bicyclic) bond motifs is 3. The third kappa shape index (κ3) is 16.0. The van der Waals surface area contributed by atoms with Crippen LogP contribution in [-0.4, -0.2) is 130 Å². The molecule has 4 aromatic carbocycles. The summed E-state index contributed by atoms with van der Waals surface area (Å²) in [6.07, 6.45) is 11.2. The molecule has 482 valence electrons. The number of allylic oxidation sites excluding steroid dienone is 7. The van der Waals surface area contributed by atoms with Crippen LogP contribution in [-0.2, 0) is 69.1 Å². The Balaban J connectivity index is 1.02. The van der Waals surface area contributed by atoms with E-state index < -0.39 is 86.3 Å². The van der Waals surface area contributed by atoms with Crippen LogP contribution in [0.5, 0.6) is 5.75 Å². The Kier molecular flexibility index (Phi) is 19.4. The van der Waals surface area contributed by atoms with Gasteiger partial charge in [-0.2, -0.15) is 43.2 Å². The van der Waals surface area contributed by atoms with Gasteiger partial charge in [-0.1, -0.05) is 32.1 Å². The first-order chi connectivity index (χ1) is 42.7. The smallest absolute Gasteiger partial charge is 0.326 e. The molecule has 1 atom stereocenters. The van der Waals surface area contributed by atoms with Crippen LogP contribution in [0.4, 0.5) is 23.0 Å². The maximum atomic E-state index is 13.5. The van der Waals surface area contributed by atoms with Crippen molar-refractivity contribution in [3.63, 3.8) is 0 Å². The second-order valence-corrected chi connectivity index (χ2v) is 29.2. The van der Waals surface area contributed by atoms with Gasteiger partial charge in [-0.15, -0.1) is 0 Å². The molecule has 9 rings (SSSR count). The van der Waals surface area contributed by atoms with E-state index in [1.165, 1.54) is 42.6 Å². The number of aromatic amines is 1. The summed E-state index contributed by atoms with van der Waals surface area (Å²) in [6, 6.07) is 20.0. The molecule has 0 spiro atoms. The first kappa shape index (κ1) is 66.9. The van der Waals surface area contributed by atoms with Crippen molar-refractivity contribution in [1.82, 2.24) is 25.3 Å². The fourth-order valence-corrected chi connectivity index (χ4v) is 13.6. The number of carboxylic acid groups (broad SMARTS) is 1. The number of rotatable bonds is 25. The van der Waals surface area contributed by atoms with E-state index in [1.54, 1.807) is 48.5 Å². The number of amides is 1. The molecule has 26 nitrogen and oxygen atoms in total. The lowest BCUT2D eigenvalue weighted by Crippen LogP contribution is -2.42. The number of carbonyl (C=O) groups is 2. The Morgan fingerprint density at radius 1 is 0.780 bits per heavy atom. The number of H-pyrrole nitrogens is 1. The normalized spacial score (nSPS) is 17.0. The number of hydrogen-bond donors (Lipinski definition) is 9. The molecular weight excluding hydrogens is 1260 g/mol. The molecule has 2 aromatic heterocycles. The zero-order chi connectivity index (χ0) is 66.0. The lowest BCUT2D eigenvalue weighted by molar-refractivity contribution is -0.438. The summed E-state index contributed by atoms with van der Waals surface area (Å²) in [5.41, 5.74) is 10.2. The van der Waals surface area contributed by atoms with Gasteiger partial charge in [-0.05, 0) is 154 Å². The highest BCUT2D eigenvalue weighted by atomic mass is 32.2. The number of benzene rings is 4.